The van der Waals surface area contributed by atoms with Gasteiger partial charge in [0.2, 0.25) is 0 Å². The SMILES string of the molecule is Oc1nc2cccc(O)c2nc1O.[AlH3]. The number of nitrogens with zero attached hydrogens (tertiary/aromatic N) is 2. The summed E-state index contributed by atoms with van der Waals surface area (Å²) >= 11 is 0. The van der Waals surface area contributed by atoms with E-state index in [1.807, 2.05) is 0 Å². The summed E-state index contributed by atoms with van der Waals surface area (Å²) in [5.74, 6) is -1.22. The normalized spacial score (nSPS) is 9.71. The minimum absolute atomic E-state index is 0. The summed E-state index contributed by atoms with van der Waals surface area (Å²) in [7, 11) is 0. The van der Waals surface area contributed by atoms with Crippen molar-refractivity contribution in [2.24, 2.45) is 0 Å². The van der Waals surface area contributed by atoms with Gasteiger partial charge in [-0.15, -0.1) is 0 Å². The first-order chi connectivity index (χ1) is 6.18. The molecule has 6 heteroatoms. The molecule has 0 unspecified atom stereocenters. The molecule has 2 rings (SSSR count). The summed E-state index contributed by atoms with van der Waals surface area (Å²) in [5.41, 5.74) is 0.494. The van der Waals surface area contributed by atoms with Crippen LogP contribution in [0.3, 0.4) is 0 Å². The van der Waals surface area contributed by atoms with Gasteiger partial charge in [0.25, 0.3) is 11.8 Å². The second kappa shape index (κ2) is 3.70. The van der Waals surface area contributed by atoms with Crippen LogP contribution in [0.4, 0.5) is 0 Å². The van der Waals surface area contributed by atoms with Gasteiger partial charge in [0.05, 0.1) is 5.52 Å². The van der Waals surface area contributed by atoms with Crippen LogP contribution in [0.1, 0.15) is 0 Å². The summed E-state index contributed by atoms with van der Waals surface area (Å²) in [4.78, 5) is 7.19. The van der Waals surface area contributed by atoms with Crippen molar-refractivity contribution in [2.45, 2.75) is 0 Å². The Morgan fingerprint density at radius 1 is 0.929 bits per heavy atom. The highest BCUT2D eigenvalue weighted by molar-refractivity contribution is 5.81. The molecule has 1 aromatic carbocycles. The maximum Gasteiger partial charge on any atom is 0.276 e. The molecule has 0 bridgehead atoms. The first-order valence-corrected chi connectivity index (χ1v) is 3.56. The standard InChI is InChI=1S/C8H6N2O3.Al.3H/c11-5-3-1-2-4-6(5)10-8(13)7(12)9-4;;;;/h1-3,11H,(H,9,12)(H,10,13);;;;. The molecule has 0 fully saturated rings. The molecule has 3 N–H and O–H groups in total. The predicted molar refractivity (Wildman–Crippen MR) is 54.5 cm³/mol. The maximum atomic E-state index is 9.29. The first-order valence-electron chi connectivity index (χ1n) is 3.56. The van der Waals surface area contributed by atoms with Gasteiger partial charge in [-0.2, -0.15) is 0 Å². The fourth-order valence-corrected chi connectivity index (χ4v) is 1.04. The summed E-state index contributed by atoms with van der Waals surface area (Å²) in [5, 5.41) is 27.3. The number of benzene rings is 1. The van der Waals surface area contributed by atoms with E-state index in [0.29, 0.717) is 5.52 Å². The third kappa shape index (κ3) is 1.58. The summed E-state index contributed by atoms with van der Waals surface area (Å²) in [6.45, 7) is 0. The highest BCUT2D eigenvalue weighted by Crippen LogP contribution is 2.27. The Morgan fingerprint density at radius 2 is 1.57 bits per heavy atom. The van der Waals surface area contributed by atoms with Crippen LogP contribution in [0.25, 0.3) is 11.0 Å². The molecule has 14 heavy (non-hydrogen) atoms. The molecule has 0 atom stereocenters. The fourth-order valence-electron chi connectivity index (χ4n) is 1.04. The Labute approximate surface area is 89.8 Å². The average molecular weight is 208 g/mol. The van der Waals surface area contributed by atoms with Gasteiger partial charge in [0, 0.05) is 0 Å². The highest BCUT2D eigenvalue weighted by Gasteiger charge is 2.07. The maximum absolute atomic E-state index is 9.29. The van der Waals surface area contributed by atoms with Crippen molar-refractivity contribution < 1.29 is 15.3 Å². The van der Waals surface area contributed by atoms with E-state index in [1.54, 1.807) is 12.1 Å². The highest BCUT2D eigenvalue weighted by atomic mass is 27.0. The molecule has 5 nitrogen and oxygen atoms in total. The van der Waals surface area contributed by atoms with Crippen LogP contribution >= 0.6 is 0 Å². The molecule has 0 saturated carbocycles. The zero-order chi connectivity index (χ0) is 9.42. The number of para-hydroxylation sites is 1. The number of aromatic nitrogens is 2. The number of hydrogen-bond donors (Lipinski definition) is 3. The van der Waals surface area contributed by atoms with E-state index in [4.69, 9.17) is 10.2 Å². The summed E-state index contributed by atoms with van der Waals surface area (Å²) < 4.78 is 0. The molecule has 0 radical (unpaired) electrons. The number of aromatic hydroxyl groups is 3. The Kier molecular flexibility index (Phi) is 2.79. The van der Waals surface area contributed by atoms with E-state index < -0.39 is 11.8 Å². The average Bonchev–Trinajstić information content (AvgIpc) is 2.09. The third-order valence-corrected chi connectivity index (χ3v) is 1.64. The number of phenolic OH excluding ortho intramolecular Hbond substituents is 1. The molecule has 0 amide bonds. The summed E-state index contributed by atoms with van der Waals surface area (Å²) in [6.07, 6.45) is 0. The van der Waals surface area contributed by atoms with Crippen LogP contribution in [0.2, 0.25) is 0 Å². The minimum Gasteiger partial charge on any atom is -0.506 e. The predicted octanol–water partition coefficient (Wildman–Crippen LogP) is -0.437. The van der Waals surface area contributed by atoms with Crippen LogP contribution in [0, 0.1) is 0 Å². The van der Waals surface area contributed by atoms with Gasteiger partial charge >= 0.3 is 0 Å². The molecule has 1 aromatic heterocycles. The topological polar surface area (TPSA) is 86.5 Å². The monoisotopic (exact) mass is 208 g/mol. The second-order valence-corrected chi connectivity index (χ2v) is 2.52. The van der Waals surface area contributed by atoms with Crippen molar-refractivity contribution in [2.75, 3.05) is 0 Å². The minimum atomic E-state index is -0.589. The largest absolute Gasteiger partial charge is 0.506 e. The van der Waals surface area contributed by atoms with Crippen molar-refractivity contribution in [3.63, 3.8) is 0 Å². The van der Waals surface area contributed by atoms with Crippen LogP contribution in [0.15, 0.2) is 18.2 Å². The van der Waals surface area contributed by atoms with Crippen LogP contribution in [0.5, 0.6) is 17.5 Å². The first kappa shape index (κ1) is 10.6. The van der Waals surface area contributed by atoms with Crippen LogP contribution in [-0.2, 0) is 0 Å². The van der Waals surface area contributed by atoms with Crippen molar-refractivity contribution in [1.29, 1.82) is 0 Å². The van der Waals surface area contributed by atoms with Crippen molar-refractivity contribution in [3.05, 3.63) is 18.2 Å². The van der Waals surface area contributed by atoms with E-state index in [-0.39, 0.29) is 28.6 Å². The zero-order valence-corrected chi connectivity index (χ0v) is 6.47. The lowest BCUT2D eigenvalue weighted by Crippen LogP contribution is -1.85. The van der Waals surface area contributed by atoms with Gasteiger partial charge in [0.1, 0.15) is 11.3 Å². The van der Waals surface area contributed by atoms with Gasteiger partial charge in [-0.1, -0.05) is 6.07 Å². The molecule has 0 spiro atoms. The molecule has 0 aliphatic carbocycles. The molecule has 0 aliphatic heterocycles. The molecule has 0 aliphatic rings. The lowest BCUT2D eigenvalue weighted by atomic mass is 10.3. The van der Waals surface area contributed by atoms with Gasteiger partial charge in [0.15, 0.2) is 17.4 Å². The van der Waals surface area contributed by atoms with Gasteiger partial charge < -0.3 is 15.3 Å². The van der Waals surface area contributed by atoms with Gasteiger partial charge in [-0.05, 0) is 12.1 Å². The van der Waals surface area contributed by atoms with E-state index in [0.717, 1.165) is 0 Å². The molecule has 0 saturated heterocycles. The van der Waals surface area contributed by atoms with Gasteiger partial charge in [-0.3, -0.25) is 0 Å². The van der Waals surface area contributed by atoms with Crippen molar-refractivity contribution in [3.8, 4) is 17.5 Å². The second-order valence-electron chi connectivity index (χ2n) is 2.52. The zero-order valence-electron chi connectivity index (χ0n) is 6.47. The molecular formula is C8H9AlN2O3. The quantitative estimate of drug-likeness (QED) is 0.511. The Morgan fingerprint density at radius 3 is 2.29 bits per heavy atom. The molecule has 2 aromatic rings. The molecule has 1 heterocycles. The number of fused-ring (bicyclic) bond motifs is 1. The number of phenols is 1. The molecular weight excluding hydrogens is 199 g/mol. The van der Waals surface area contributed by atoms with E-state index in [2.05, 4.69) is 9.97 Å². The lowest BCUT2D eigenvalue weighted by molar-refractivity contribution is 0.377. The Bertz CT molecular complexity index is 475. The van der Waals surface area contributed by atoms with Crippen molar-refractivity contribution in [1.82, 2.24) is 9.97 Å². The van der Waals surface area contributed by atoms with E-state index >= 15 is 0 Å². The third-order valence-electron chi connectivity index (χ3n) is 1.64. The smallest absolute Gasteiger partial charge is 0.276 e. The van der Waals surface area contributed by atoms with E-state index in [9.17, 15) is 5.11 Å². The van der Waals surface area contributed by atoms with Crippen LogP contribution < -0.4 is 0 Å². The number of hydrogen-bond acceptors (Lipinski definition) is 5. The Hall–Kier alpha value is -1.51. The summed E-state index contributed by atoms with van der Waals surface area (Å²) in [6, 6.07) is 4.57. The fraction of sp³-hybridized carbons (Fsp3) is 0. The van der Waals surface area contributed by atoms with Gasteiger partial charge in [-0.25, -0.2) is 9.97 Å². The number of rotatable bonds is 0. The van der Waals surface area contributed by atoms with Crippen molar-refractivity contribution >= 4 is 28.4 Å². The lowest BCUT2D eigenvalue weighted by Gasteiger charge is -2.00. The Balaban J connectivity index is 0.000000980. The van der Waals surface area contributed by atoms with E-state index in [1.165, 1.54) is 6.07 Å². The molecule has 72 valence electrons. The van der Waals surface area contributed by atoms with Crippen LogP contribution in [-0.4, -0.2) is 42.6 Å².